The van der Waals surface area contributed by atoms with Crippen LogP contribution in [0.2, 0.25) is 0 Å². The summed E-state index contributed by atoms with van der Waals surface area (Å²) in [6.45, 7) is 0.476. The number of amides is 1. The van der Waals surface area contributed by atoms with Crippen molar-refractivity contribution in [3.8, 4) is 0 Å². The predicted octanol–water partition coefficient (Wildman–Crippen LogP) is 3.07. The minimum atomic E-state index is 0. The van der Waals surface area contributed by atoms with E-state index in [1.165, 1.54) is 57.8 Å². The summed E-state index contributed by atoms with van der Waals surface area (Å²) >= 11 is 0. The maximum absolute atomic E-state index is 11.9. The standard InChI is InChI=1S/C17H32N4O.HI/c18-17(21-15-10-4-1-2-5-11-15)19-13-12-16(22)20-14-8-6-3-7-9-14;/h14-15H,1-13H2,(H,20,22)(H3,18,19,21);1H. The lowest BCUT2D eigenvalue weighted by Gasteiger charge is -2.22. The Bertz CT molecular complexity index is 362. The molecule has 0 saturated heterocycles. The maximum atomic E-state index is 11.9. The van der Waals surface area contributed by atoms with E-state index in [-0.39, 0.29) is 29.9 Å². The van der Waals surface area contributed by atoms with Crippen LogP contribution in [0, 0.1) is 0 Å². The SMILES string of the molecule is I.NC(=NCCC(=O)NC1CCCCC1)NC1CCCCCC1. The molecule has 2 saturated carbocycles. The smallest absolute Gasteiger partial charge is 0.222 e. The predicted molar refractivity (Wildman–Crippen MR) is 106 cm³/mol. The molecule has 0 bridgehead atoms. The van der Waals surface area contributed by atoms with Crippen LogP contribution < -0.4 is 16.4 Å². The summed E-state index contributed by atoms with van der Waals surface area (Å²) in [7, 11) is 0. The van der Waals surface area contributed by atoms with Crippen molar-refractivity contribution in [2.24, 2.45) is 10.7 Å². The first kappa shape index (κ1) is 20.5. The zero-order valence-corrected chi connectivity index (χ0v) is 16.5. The second-order valence-corrected chi connectivity index (χ2v) is 6.75. The highest BCUT2D eigenvalue weighted by Crippen LogP contribution is 2.18. The quantitative estimate of drug-likeness (QED) is 0.268. The van der Waals surface area contributed by atoms with Gasteiger partial charge in [0.1, 0.15) is 0 Å². The fourth-order valence-electron chi connectivity index (χ4n) is 3.50. The van der Waals surface area contributed by atoms with Crippen LogP contribution in [-0.4, -0.2) is 30.5 Å². The highest BCUT2D eigenvalue weighted by Gasteiger charge is 2.15. The third-order valence-corrected chi connectivity index (χ3v) is 4.80. The van der Waals surface area contributed by atoms with E-state index in [9.17, 15) is 4.79 Å². The molecule has 2 aliphatic carbocycles. The first-order valence-electron chi connectivity index (χ1n) is 9.10. The Morgan fingerprint density at radius 1 is 0.870 bits per heavy atom. The van der Waals surface area contributed by atoms with Crippen molar-refractivity contribution in [2.75, 3.05) is 6.54 Å². The van der Waals surface area contributed by atoms with E-state index in [0.29, 0.717) is 31.0 Å². The van der Waals surface area contributed by atoms with Gasteiger partial charge in [-0.2, -0.15) is 0 Å². The summed E-state index contributed by atoms with van der Waals surface area (Å²) < 4.78 is 0. The number of nitrogens with two attached hydrogens (primary N) is 1. The van der Waals surface area contributed by atoms with Crippen LogP contribution in [0.3, 0.4) is 0 Å². The highest BCUT2D eigenvalue weighted by atomic mass is 127. The summed E-state index contributed by atoms with van der Waals surface area (Å²) in [6, 6.07) is 0.842. The van der Waals surface area contributed by atoms with Crippen LogP contribution in [0.25, 0.3) is 0 Å². The lowest BCUT2D eigenvalue weighted by Crippen LogP contribution is -2.40. The van der Waals surface area contributed by atoms with E-state index in [1.54, 1.807) is 0 Å². The van der Waals surface area contributed by atoms with Gasteiger partial charge in [-0.15, -0.1) is 24.0 Å². The molecule has 0 atom stereocenters. The molecule has 5 nitrogen and oxygen atoms in total. The average Bonchev–Trinajstić information content (AvgIpc) is 2.77. The molecule has 4 N–H and O–H groups in total. The van der Waals surface area contributed by atoms with Crippen LogP contribution in [0.5, 0.6) is 0 Å². The van der Waals surface area contributed by atoms with Crippen LogP contribution in [-0.2, 0) is 4.79 Å². The average molecular weight is 436 g/mol. The first-order valence-corrected chi connectivity index (χ1v) is 9.10. The lowest BCUT2D eigenvalue weighted by atomic mass is 9.95. The maximum Gasteiger partial charge on any atom is 0.222 e. The highest BCUT2D eigenvalue weighted by molar-refractivity contribution is 14.0. The molecule has 0 aliphatic heterocycles. The van der Waals surface area contributed by atoms with Crippen LogP contribution in [0.1, 0.15) is 77.0 Å². The minimum Gasteiger partial charge on any atom is -0.370 e. The monoisotopic (exact) mass is 436 g/mol. The van der Waals surface area contributed by atoms with Crippen molar-refractivity contribution in [3.05, 3.63) is 0 Å². The Morgan fingerprint density at radius 3 is 1.91 bits per heavy atom. The van der Waals surface area contributed by atoms with E-state index in [0.717, 1.165) is 12.8 Å². The minimum absolute atomic E-state index is 0. The molecule has 2 aliphatic rings. The van der Waals surface area contributed by atoms with E-state index >= 15 is 0 Å². The Hall–Kier alpha value is -0.530. The first-order chi connectivity index (χ1) is 10.7. The third-order valence-electron chi connectivity index (χ3n) is 4.80. The zero-order chi connectivity index (χ0) is 15.6. The topological polar surface area (TPSA) is 79.5 Å². The number of nitrogens with zero attached hydrogens (tertiary/aromatic N) is 1. The van der Waals surface area contributed by atoms with Gasteiger partial charge >= 0.3 is 0 Å². The number of halogens is 1. The van der Waals surface area contributed by atoms with Gasteiger partial charge < -0.3 is 16.4 Å². The number of carbonyl (C=O) groups excluding carboxylic acids is 1. The molecular formula is C17H33IN4O. The fourth-order valence-corrected chi connectivity index (χ4v) is 3.50. The molecule has 0 aromatic heterocycles. The Morgan fingerprint density at radius 2 is 1.35 bits per heavy atom. The van der Waals surface area contributed by atoms with Crippen LogP contribution in [0.15, 0.2) is 4.99 Å². The molecule has 0 radical (unpaired) electrons. The van der Waals surface area contributed by atoms with Crippen LogP contribution >= 0.6 is 24.0 Å². The van der Waals surface area contributed by atoms with Crippen molar-refractivity contribution in [2.45, 2.75) is 89.1 Å². The third kappa shape index (κ3) is 8.77. The molecule has 1 amide bonds. The molecular weight excluding hydrogens is 403 g/mol. The van der Waals surface area contributed by atoms with Crippen molar-refractivity contribution in [1.29, 1.82) is 0 Å². The van der Waals surface area contributed by atoms with Crippen molar-refractivity contribution < 1.29 is 4.79 Å². The van der Waals surface area contributed by atoms with Gasteiger partial charge in [-0.25, -0.2) is 0 Å². The Labute approximate surface area is 157 Å². The molecule has 0 aromatic carbocycles. The molecule has 0 aromatic rings. The van der Waals surface area contributed by atoms with Gasteiger partial charge in [0.05, 0.1) is 6.54 Å². The number of guanidine groups is 1. The van der Waals surface area contributed by atoms with E-state index in [4.69, 9.17) is 5.73 Å². The summed E-state index contributed by atoms with van der Waals surface area (Å²) in [6.07, 6.45) is 14.0. The number of carbonyl (C=O) groups is 1. The normalized spacial score (nSPS) is 21.1. The van der Waals surface area contributed by atoms with Crippen molar-refractivity contribution in [1.82, 2.24) is 10.6 Å². The summed E-state index contributed by atoms with van der Waals surface area (Å²) in [5.74, 6) is 0.607. The number of nitrogens with one attached hydrogen (secondary N) is 2. The van der Waals surface area contributed by atoms with Gasteiger partial charge in [0.25, 0.3) is 0 Å². The molecule has 0 unspecified atom stereocenters. The number of hydrogen-bond acceptors (Lipinski definition) is 2. The van der Waals surface area contributed by atoms with Gasteiger partial charge in [0.15, 0.2) is 5.96 Å². The van der Waals surface area contributed by atoms with Crippen LogP contribution in [0.4, 0.5) is 0 Å². The lowest BCUT2D eigenvalue weighted by molar-refractivity contribution is -0.121. The summed E-state index contributed by atoms with van der Waals surface area (Å²) in [5, 5.41) is 6.42. The van der Waals surface area contributed by atoms with Gasteiger partial charge in [-0.05, 0) is 25.7 Å². The van der Waals surface area contributed by atoms with E-state index in [1.807, 2.05) is 0 Å². The van der Waals surface area contributed by atoms with Gasteiger partial charge in [-0.1, -0.05) is 44.9 Å². The Balaban J connectivity index is 0.00000264. The second kappa shape index (κ2) is 11.9. The van der Waals surface area contributed by atoms with E-state index in [2.05, 4.69) is 15.6 Å². The summed E-state index contributed by atoms with van der Waals surface area (Å²) in [4.78, 5) is 16.2. The van der Waals surface area contributed by atoms with Gasteiger partial charge in [-0.3, -0.25) is 9.79 Å². The van der Waals surface area contributed by atoms with E-state index < -0.39 is 0 Å². The fraction of sp³-hybridized carbons (Fsp3) is 0.882. The molecule has 134 valence electrons. The second-order valence-electron chi connectivity index (χ2n) is 6.75. The molecule has 0 heterocycles. The summed E-state index contributed by atoms with van der Waals surface area (Å²) in [5.41, 5.74) is 5.93. The van der Waals surface area contributed by atoms with Gasteiger partial charge in [0.2, 0.25) is 5.91 Å². The molecule has 6 heteroatoms. The molecule has 23 heavy (non-hydrogen) atoms. The number of rotatable bonds is 5. The number of hydrogen-bond donors (Lipinski definition) is 3. The largest absolute Gasteiger partial charge is 0.370 e. The molecule has 0 spiro atoms. The molecule has 2 fully saturated rings. The molecule has 2 rings (SSSR count). The van der Waals surface area contributed by atoms with Crippen molar-refractivity contribution in [3.63, 3.8) is 0 Å². The Kier molecular flexibility index (Phi) is 10.6. The van der Waals surface area contributed by atoms with Gasteiger partial charge in [0, 0.05) is 18.5 Å². The van der Waals surface area contributed by atoms with Crippen molar-refractivity contribution >= 4 is 35.8 Å². The zero-order valence-electron chi connectivity index (χ0n) is 14.2. The number of aliphatic imine (C=N–C) groups is 1.